The van der Waals surface area contributed by atoms with Crippen LogP contribution in [0.15, 0.2) is 72.1 Å². The van der Waals surface area contributed by atoms with Crippen molar-refractivity contribution in [3.05, 3.63) is 89.2 Å². The van der Waals surface area contributed by atoms with E-state index >= 15 is 0 Å². The van der Waals surface area contributed by atoms with Crippen LogP contribution >= 0.6 is 11.8 Å². The van der Waals surface area contributed by atoms with Gasteiger partial charge in [-0.25, -0.2) is 0 Å². The highest BCUT2D eigenvalue weighted by atomic mass is 32.2. The molecule has 0 unspecified atom stereocenters. The molecule has 4 aromatic rings. The van der Waals surface area contributed by atoms with Gasteiger partial charge in [0, 0.05) is 11.4 Å². The van der Waals surface area contributed by atoms with Gasteiger partial charge in [-0.3, -0.25) is 9.36 Å². The van der Waals surface area contributed by atoms with Crippen molar-refractivity contribution in [1.82, 2.24) is 14.8 Å². The fraction of sp³-hybridized carbons (Fsp3) is 0.154. The van der Waals surface area contributed by atoms with E-state index in [0.29, 0.717) is 27.9 Å². The van der Waals surface area contributed by atoms with E-state index in [1.807, 2.05) is 29.7 Å². The number of amides is 1. The van der Waals surface area contributed by atoms with E-state index in [-0.39, 0.29) is 11.7 Å². The molecular formula is C26H23N5O2S. The van der Waals surface area contributed by atoms with E-state index in [9.17, 15) is 4.79 Å². The highest BCUT2D eigenvalue weighted by Crippen LogP contribution is 2.27. The number of thioether (sulfide) groups is 1. The zero-order valence-corrected chi connectivity index (χ0v) is 19.9. The topological polar surface area (TPSA) is 92.8 Å². The summed E-state index contributed by atoms with van der Waals surface area (Å²) >= 11 is 1.33. The smallest absolute Gasteiger partial charge is 0.234 e. The van der Waals surface area contributed by atoms with E-state index in [4.69, 9.17) is 10.00 Å². The van der Waals surface area contributed by atoms with Gasteiger partial charge in [0.05, 0.1) is 17.4 Å². The number of nitrogens with zero attached hydrogens (tertiary/aromatic N) is 4. The van der Waals surface area contributed by atoms with Gasteiger partial charge in [0.15, 0.2) is 5.16 Å². The van der Waals surface area contributed by atoms with Gasteiger partial charge in [-0.05, 0) is 92.1 Å². The quantitative estimate of drug-likeness (QED) is 0.355. The van der Waals surface area contributed by atoms with Gasteiger partial charge in [0.1, 0.15) is 17.8 Å². The van der Waals surface area contributed by atoms with E-state index in [0.717, 1.165) is 11.3 Å². The monoisotopic (exact) mass is 469 g/mol. The van der Waals surface area contributed by atoms with Gasteiger partial charge in [0.2, 0.25) is 5.91 Å². The second-order valence-electron chi connectivity index (χ2n) is 7.80. The Morgan fingerprint density at radius 3 is 2.47 bits per heavy atom. The molecule has 4 rings (SSSR count). The number of ether oxygens (including phenoxy) is 1. The normalized spacial score (nSPS) is 10.5. The number of nitrogens with one attached hydrogen (secondary N) is 1. The van der Waals surface area contributed by atoms with Crippen molar-refractivity contribution in [2.75, 3.05) is 11.1 Å². The van der Waals surface area contributed by atoms with Crippen LogP contribution in [0.1, 0.15) is 22.3 Å². The zero-order valence-electron chi connectivity index (χ0n) is 19.1. The maximum atomic E-state index is 12.6. The molecule has 34 heavy (non-hydrogen) atoms. The number of hydrogen-bond acceptors (Lipinski definition) is 6. The van der Waals surface area contributed by atoms with Crippen molar-refractivity contribution in [2.45, 2.75) is 25.9 Å². The molecule has 0 aliphatic rings. The van der Waals surface area contributed by atoms with Crippen LogP contribution < -0.4 is 10.1 Å². The number of rotatable bonds is 7. The molecule has 1 aromatic heterocycles. The van der Waals surface area contributed by atoms with Crippen LogP contribution in [0.4, 0.5) is 5.69 Å². The number of carbonyl (C=O) groups excluding carboxylic acids is 1. The zero-order chi connectivity index (χ0) is 24.1. The number of aromatic nitrogens is 3. The molecule has 8 heteroatoms. The number of anilines is 1. The molecule has 1 amide bonds. The Bertz CT molecular complexity index is 1370. The molecule has 170 valence electrons. The molecule has 0 aliphatic heterocycles. The molecule has 1 heterocycles. The molecule has 0 bridgehead atoms. The fourth-order valence-corrected chi connectivity index (χ4v) is 3.99. The Hall–Kier alpha value is -4.09. The lowest BCUT2D eigenvalue weighted by Crippen LogP contribution is -2.15. The SMILES string of the molecule is Cc1ccc(-n2cnnc2SCC(=O)Nc2ccc(Oc3ccc(C#N)cc3)cc2C)cc1C. The lowest BCUT2D eigenvalue weighted by atomic mass is 10.1. The van der Waals surface area contributed by atoms with Crippen LogP contribution in [-0.2, 0) is 4.79 Å². The summed E-state index contributed by atoms with van der Waals surface area (Å²) in [4.78, 5) is 12.6. The Morgan fingerprint density at radius 2 is 1.76 bits per heavy atom. The first-order chi connectivity index (χ1) is 16.4. The number of nitriles is 1. The molecule has 0 atom stereocenters. The molecule has 0 aliphatic carbocycles. The van der Waals surface area contributed by atoms with Crippen molar-refractivity contribution < 1.29 is 9.53 Å². The summed E-state index contributed by atoms with van der Waals surface area (Å²) in [5.41, 5.74) is 5.53. The largest absolute Gasteiger partial charge is 0.457 e. The second-order valence-corrected chi connectivity index (χ2v) is 8.75. The standard InChI is InChI=1S/C26H23N5O2S/c1-17-4-7-21(12-18(17)2)31-16-28-30-26(31)34-15-25(32)29-24-11-10-23(13-19(24)3)33-22-8-5-20(14-27)6-9-22/h4-13,16H,15H2,1-3H3,(H,29,32). The Kier molecular flexibility index (Phi) is 6.95. The summed E-state index contributed by atoms with van der Waals surface area (Å²) in [5.74, 6) is 1.35. The molecule has 0 fully saturated rings. The first-order valence-electron chi connectivity index (χ1n) is 10.6. The van der Waals surface area contributed by atoms with Gasteiger partial charge < -0.3 is 10.1 Å². The summed E-state index contributed by atoms with van der Waals surface area (Å²) in [6, 6.07) is 20.6. The van der Waals surface area contributed by atoms with E-state index in [2.05, 4.69) is 47.6 Å². The summed E-state index contributed by atoms with van der Waals surface area (Å²) < 4.78 is 7.72. The fourth-order valence-electron chi connectivity index (χ4n) is 3.27. The molecule has 3 aromatic carbocycles. The summed E-state index contributed by atoms with van der Waals surface area (Å²) in [5, 5.41) is 20.7. The molecule has 0 saturated carbocycles. The Labute approximate surface area is 202 Å². The average molecular weight is 470 g/mol. The molecule has 7 nitrogen and oxygen atoms in total. The number of hydrogen-bond donors (Lipinski definition) is 1. The van der Waals surface area contributed by atoms with Gasteiger partial charge in [-0.2, -0.15) is 5.26 Å². The van der Waals surface area contributed by atoms with E-state index < -0.39 is 0 Å². The predicted molar refractivity (Wildman–Crippen MR) is 133 cm³/mol. The number of benzene rings is 3. The minimum Gasteiger partial charge on any atom is -0.457 e. The van der Waals surface area contributed by atoms with Crippen molar-refractivity contribution in [3.8, 4) is 23.3 Å². The lowest BCUT2D eigenvalue weighted by Gasteiger charge is -2.12. The second kappa shape index (κ2) is 10.2. The first kappa shape index (κ1) is 23.1. The van der Waals surface area contributed by atoms with Crippen LogP contribution in [-0.4, -0.2) is 26.4 Å². The van der Waals surface area contributed by atoms with Crippen molar-refractivity contribution >= 4 is 23.4 Å². The molecule has 1 N–H and O–H groups in total. The highest BCUT2D eigenvalue weighted by Gasteiger charge is 2.12. The average Bonchev–Trinajstić information content (AvgIpc) is 3.30. The molecule has 0 spiro atoms. The minimum absolute atomic E-state index is 0.136. The third-order valence-electron chi connectivity index (χ3n) is 5.31. The molecular weight excluding hydrogens is 446 g/mol. The third-order valence-corrected chi connectivity index (χ3v) is 6.25. The maximum Gasteiger partial charge on any atom is 0.234 e. The van der Waals surface area contributed by atoms with Gasteiger partial charge in [0.25, 0.3) is 0 Å². The van der Waals surface area contributed by atoms with E-state index in [1.165, 1.54) is 22.9 Å². The number of carbonyl (C=O) groups is 1. The Morgan fingerprint density at radius 1 is 1.00 bits per heavy atom. The molecule has 0 radical (unpaired) electrons. The van der Waals surface area contributed by atoms with Crippen molar-refractivity contribution in [1.29, 1.82) is 5.26 Å². The van der Waals surface area contributed by atoms with Crippen LogP contribution in [0.3, 0.4) is 0 Å². The minimum atomic E-state index is -0.136. The highest BCUT2D eigenvalue weighted by molar-refractivity contribution is 7.99. The van der Waals surface area contributed by atoms with Crippen molar-refractivity contribution in [3.63, 3.8) is 0 Å². The van der Waals surface area contributed by atoms with E-state index in [1.54, 1.807) is 36.7 Å². The lowest BCUT2D eigenvalue weighted by molar-refractivity contribution is -0.113. The summed E-state index contributed by atoms with van der Waals surface area (Å²) in [6.07, 6.45) is 1.65. The maximum absolute atomic E-state index is 12.6. The van der Waals surface area contributed by atoms with Gasteiger partial charge in [-0.15, -0.1) is 10.2 Å². The Balaban J connectivity index is 1.37. The third kappa shape index (κ3) is 5.45. The molecule has 0 saturated heterocycles. The van der Waals surface area contributed by atoms with Crippen LogP contribution in [0.25, 0.3) is 5.69 Å². The first-order valence-corrected chi connectivity index (χ1v) is 11.6. The summed E-state index contributed by atoms with van der Waals surface area (Å²) in [7, 11) is 0. The van der Waals surface area contributed by atoms with Crippen LogP contribution in [0.5, 0.6) is 11.5 Å². The van der Waals surface area contributed by atoms with Crippen molar-refractivity contribution in [2.24, 2.45) is 0 Å². The van der Waals surface area contributed by atoms with Gasteiger partial charge >= 0.3 is 0 Å². The number of aryl methyl sites for hydroxylation is 3. The van der Waals surface area contributed by atoms with Crippen LogP contribution in [0, 0.1) is 32.1 Å². The predicted octanol–water partition coefficient (Wildman–Crippen LogP) is 5.59. The van der Waals surface area contributed by atoms with Gasteiger partial charge in [-0.1, -0.05) is 17.8 Å². The van der Waals surface area contributed by atoms with Crippen LogP contribution in [0.2, 0.25) is 0 Å². The summed E-state index contributed by atoms with van der Waals surface area (Å²) in [6.45, 7) is 6.04.